The van der Waals surface area contributed by atoms with Crippen LogP contribution in [0.15, 0.2) is 66.7 Å². The quantitative estimate of drug-likeness (QED) is 0.0842. The maximum Gasteiger partial charge on any atom is 0.335 e. The van der Waals surface area contributed by atoms with E-state index in [1.165, 1.54) is 35.6 Å². The van der Waals surface area contributed by atoms with E-state index in [4.69, 9.17) is 14.8 Å². The van der Waals surface area contributed by atoms with Crippen molar-refractivity contribution in [3.8, 4) is 28.4 Å². The first kappa shape index (κ1) is 35.9. The number of imidazole rings is 1. The highest BCUT2D eigenvalue weighted by atomic mass is 32.1. The molecule has 3 aromatic carbocycles. The zero-order valence-corrected chi connectivity index (χ0v) is 28.3. The summed E-state index contributed by atoms with van der Waals surface area (Å²) in [6.45, 7) is 2.17. The van der Waals surface area contributed by atoms with E-state index in [-0.39, 0.29) is 24.0 Å². The van der Waals surface area contributed by atoms with Crippen LogP contribution in [0.3, 0.4) is 0 Å². The number of hydrogen-bond acceptors (Lipinski definition) is 11. The number of halogens is 1. The number of rotatable bonds is 13. The van der Waals surface area contributed by atoms with Crippen LogP contribution < -0.4 is 4.74 Å². The van der Waals surface area contributed by atoms with Gasteiger partial charge < -0.3 is 34.8 Å². The first-order valence-electron chi connectivity index (χ1n) is 16.4. The van der Waals surface area contributed by atoms with E-state index in [1.54, 1.807) is 18.2 Å². The summed E-state index contributed by atoms with van der Waals surface area (Å²) >= 11 is 1.51. The number of benzene rings is 3. The fourth-order valence-corrected chi connectivity index (χ4v) is 7.22. The molecular weight excluding hydrogens is 681 g/mol. The molecule has 4 atom stereocenters. The fourth-order valence-electron chi connectivity index (χ4n) is 6.35. The lowest BCUT2D eigenvalue weighted by molar-refractivity contribution is -0.164. The zero-order chi connectivity index (χ0) is 36.4. The Morgan fingerprint density at radius 2 is 1.53 bits per heavy atom. The molecule has 12 nitrogen and oxygen atoms in total. The highest BCUT2D eigenvalue weighted by Gasteiger charge is 2.39. The lowest BCUT2D eigenvalue weighted by Gasteiger charge is -2.25. The Morgan fingerprint density at radius 3 is 2.20 bits per heavy atom. The van der Waals surface area contributed by atoms with E-state index in [1.807, 2.05) is 31.2 Å². The third-order valence-electron chi connectivity index (χ3n) is 9.04. The maximum absolute atomic E-state index is 13.5. The lowest BCUT2D eigenvalue weighted by Crippen LogP contribution is -2.51. The van der Waals surface area contributed by atoms with Gasteiger partial charge in [-0.3, -0.25) is 9.59 Å². The Labute approximate surface area is 295 Å². The number of aliphatic hydroxyl groups excluding tert-OH is 4. The van der Waals surface area contributed by atoms with Crippen molar-refractivity contribution in [1.82, 2.24) is 14.5 Å². The largest absolute Gasteiger partial charge is 0.488 e. The molecule has 1 saturated carbocycles. The van der Waals surface area contributed by atoms with Gasteiger partial charge in [0.15, 0.2) is 6.10 Å². The van der Waals surface area contributed by atoms with Crippen molar-refractivity contribution in [2.45, 2.75) is 76.1 Å². The second-order valence-electron chi connectivity index (χ2n) is 12.5. The zero-order valence-electron chi connectivity index (χ0n) is 27.5. The summed E-state index contributed by atoms with van der Waals surface area (Å²) in [6, 6.07) is 18.2. The minimum absolute atomic E-state index is 0.131. The van der Waals surface area contributed by atoms with Crippen molar-refractivity contribution in [3.05, 3.63) is 88.0 Å². The van der Waals surface area contributed by atoms with Crippen LogP contribution >= 0.6 is 11.3 Å². The molecule has 1 aliphatic carbocycles. The number of ketones is 2. The molecule has 0 bridgehead atoms. The van der Waals surface area contributed by atoms with E-state index < -0.39 is 42.0 Å². The number of ether oxygens (including phenoxy) is 1. The van der Waals surface area contributed by atoms with Gasteiger partial charge in [-0.2, -0.15) is 0 Å². The third-order valence-corrected chi connectivity index (χ3v) is 9.98. The number of Topliss-reactive ketones (excluding diaryl/α,β-unsaturated/α-hetero) is 2. The molecule has 0 aliphatic heterocycles. The number of aliphatic hydroxyl groups is 4. The lowest BCUT2D eigenvalue weighted by atomic mass is 9.94. The smallest absolute Gasteiger partial charge is 0.335 e. The molecule has 14 heteroatoms. The minimum Gasteiger partial charge on any atom is -0.488 e. The van der Waals surface area contributed by atoms with Crippen molar-refractivity contribution in [2.24, 2.45) is 0 Å². The molecule has 2 aromatic heterocycles. The number of hydrogen-bond donors (Lipinski definition) is 5. The van der Waals surface area contributed by atoms with Gasteiger partial charge in [0, 0.05) is 22.7 Å². The van der Waals surface area contributed by atoms with Gasteiger partial charge in [0.25, 0.3) is 0 Å². The Morgan fingerprint density at radius 1 is 0.882 bits per heavy atom. The molecule has 5 aromatic rings. The normalized spacial score (nSPS) is 16.0. The van der Waals surface area contributed by atoms with Gasteiger partial charge >= 0.3 is 5.97 Å². The minimum atomic E-state index is -2.49. The van der Waals surface area contributed by atoms with E-state index in [2.05, 4.69) is 9.55 Å². The molecule has 0 amide bonds. The molecule has 2 heterocycles. The number of aliphatic carboxylic acids is 1. The molecule has 5 N–H and O–H groups in total. The fraction of sp³-hybridized carbons (Fsp3) is 0.324. The van der Waals surface area contributed by atoms with Crippen molar-refractivity contribution in [3.63, 3.8) is 0 Å². The van der Waals surface area contributed by atoms with E-state index in [9.17, 15) is 39.2 Å². The second kappa shape index (κ2) is 15.2. The van der Waals surface area contributed by atoms with Crippen LogP contribution in [0.25, 0.3) is 33.7 Å². The van der Waals surface area contributed by atoms with Crippen molar-refractivity contribution in [2.75, 3.05) is 0 Å². The molecule has 1 fully saturated rings. The highest BCUT2D eigenvalue weighted by molar-refractivity contribution is 7.12. The standard InChI is InChI=1S/C37H36FN3O9S/c1-19-39-29(20-7-12-23(38)13-8-20)28(51-19)18-50-25-14-9-21(10-15-25)36-40-26-17-22(11-16-27(26)41(36)24-5-3-2-4-6-24)30(42)31(43)32(44)33(45)34(46)35(47)37(48)49/h7-17,24,32-35,44-47H,2-6,18H2,1H3,(H,48,49)/t32-,33+,34-,35-/m0/s1. The van der Waals surface area contributed by atoms with Crippen LogP contribution in [0.1, 0.15) is 58.4 Å². The predicted octanol–water partition coefficient (Wildman–Crippen LogP) is 4.64. The van der Waals surface area contributed by atoms with Crippen molar-refractivity contribution in [1.29, 1.82) is 0 Å². The van der Waals surface area contributed by atoms with Gasteiger partial charge in [0.05, 0.1) is 26.6 Å². The van der Waals surface area contributed by atoms with Gasteiger partial charge in [-0.25, -0.2) is 19.2 Å². The number of carboxylic acids is 1. The summed E-state index contributed by atoms with van der Waals surface area (Å²) in [7, 11) is 0. The first-order chi connectivity index (χ1) is 24.4. The number of thiazole rings is 1. The average molecular weight is 718 g/mol. The number of carbonyl (C=O) groups excluding carboxylic acids is 2. The maximum atomic E-state index is 13.5. The number of aromatic nitrogens is 3. The highest BCUT2D eigenvalue weighted by Crippen LogP contribution is 2.37. The molecule has 51 heavy (non-hydrogen) atoms. The van der Waals surface area contributed by atoms with E-state index in [0.29, 0.717) is 17.1 Å². The SMILES string of the molecule is Cc1nc(-c2ccc(F)cc2)c(COc2ccc(-c3nc4cc(C(=O)C(=O)[C@H](O)[C@@H](O)[C@H](O)[C@H](O)C(=O)O)ccc4n3C3CCCCC3)cc2)s1. The van der Waals surface area contributed by atoms with Crippen LogP contribution in [-0.4, -0.2) is 82.0 Å². The number of carboxylic acid groups (broad SMARTS) is 1. The van der Waals surface area contributed by atoms with Gasteiger partial charge in [-0.05, 0) is 86.5 Å². The van der Waals surface area contributed by atoms with Crippen LogP contribution in [0.4, 0.5) is 4.39 Å². The first-order valence-corrected chi connectivity index (χ1v) is 17.3. The Bertz CT molecular complexity index is 2060. The summed E-state index contributed by atoms with van der Waals surface area (Å²) in [5.41, 5.74) is 3.35. The van der Waals surface area contributed by atoms with Crippen LogP contribution in [-0.2, 0) is 16.2 Å². The molecule has 266 valence electrons. The summed E-state index contributed by atoms with van der Waals surface area (Å²) in [4.78, 5) is 47.2. The van der Waals surface area contributed by atoms with Gasteiger partial charge in [-0.1, -0.05) is 19.3 Å². The number of aryl methyl sites for hydroxylation is 1. The van der Waals surface area contributed by atoms with E-state index >= 15 is 0 Å². The Hall–Kier alpha value is -4.86. The topological polar surface area (TPSA) is 192 Å². The summed E-state index contributed by atoms with van der Waals surface area (Å²) in [5.74, 6) is -3.61. The molecule has 0 spiro atoms. The van der Waals surface area contributed by atoms with Crippen LogP contribution in [0, 0.1) is 12.7 Å². The average Bonchev–Trinajstić information content (AvgIpc) is 3.72. The molecular formula is C37H36FN3O9S. The Balaban J connectivity index is 1.25. The van der Waals surface area contributed by atoms with Gasteiger partial charge in [0.1, 0.15) is 42.3 Å². The number of fused-ring (bicyclic) bond motifs is 1. The van der Waals surface area contributed by atoms with E-state index in [0.717, 1.165) is 64.3 Å². The van der Waals surface area contributed by atoms with Crippen LogP contribution in [0.2, 0.25) is 0 Å². The van der Waals surface area contributed by atoms with Crippen LogP contribution in [0.5, 0.6) is 5.75 Å². The van der Waals surface area contributed by atoms with Gasteiger partial charge in [0.2, 0.25) is 11.6 Å². The third kappa shape index (κ3) is 7.60. The molecule has 0 radical (unpaired) electrons. The molecule has 0 unspecified atom stereocenters. The van der Waals surface area contributed by atoms with Gasteiger partial charge in [-0.15, -0.1) is 11.3 Å². The van der Waals surface area contributed by atoms with Crippen molar-refractivity contribution >= 4 is 39.9 Å². The summed E-state index contributed by atoms with van der Waals surface area (Å²) in [5, 5.41) is 49.5. The predicted molar refractivity (Wildman–Crippen MR) is 185 cm³/mol. The molecule has 0 saturated heterocycles. The number of nitrogens with zero attached hydrogens (tertiary/aromatic N) is 3. The Kier molecular flexibility index (Phi) is 10.7. The summed E-state index contributed by atoms with van der Waals surface area (Å²) in [6.07, 6.45) is -4.75. The monoisotopic (exact) mass is 717 g/mol. The second-order valence-corrected chi connectivity index (χ2v) is 13.8. The van der Waals surface area contributed by atoms with Crippen molar-refractivity contribution < 1.29 is 49.0 Å². The number of carbonyl (C=O) groups is 3. The molecule has 1 aliphatic rings. The molecule has 6 rings (SSSR count). The summed E-state index contributed by atoms with van der Waals surface area (Å²) < 4.78 is 21.8.